The summed E-state index contributed by atoms with van der Waals surface area (Å²) in [6.07, 6.45) is 0. The van der Waals surface area contributed by atoms with Gasteiger partial charge in [0.15, 0.2) is 0 Å². The van der Waals surface area contributed by atoms with Gasteiger partial charge in [0.2, 0.25) is 0 Å². The van der Waals surface area contributed by atoms with Gasteiger partial charge in [-0.05, 0) is 30.0 Å². The monoisotopic (exact) mass is 224 g/mol. The van der Waals surface area contributed by atoms with Crippen LogP contribution in [0, 0.1) is 18.7 Å². The quantitative estimate of drug-likeness (QED) is 0.738. The average Bonchev–Trinajstić information content (AvgIpc) is 2.22. The first-order valence-corrected chi connectivity index (χ1v) is 5.31. The Kier molecular flexibility index (Phi) is 4.05. The van der Waals surface area contributed by atoms with Crippen LogP contribution in [-0.2, 0) is 9.53 Å². The largest absolute Gasteiger partial charge is 0.469 e. The van der Waals surface area contributed by atoms with Crippen molar-refractivity contribution in [2.45, 2.75) is 26.7 Å². The maximum atomic E-state index is 13.4. The first kappa shape index (κ1) is 12.7. The van der Waals surface area contributed by atoms with E-state index in [9.17, 15) is 9.18 Å². The van der Waals surface area contributed by atoms with E-state index in [1.165, 1.54) is 13.2 Å². The summed E-state index contributed by atoms with van der Waals surface area (Å²) >= 11 is 0. The van der Waals surface area contributed by atoms with Crippen molar-refractivity contribution in [1.82, 2.24) is 0 Å². The van der Waals surface area contributed by atoms with Crippen LogP contribution < -0.4 is 0 Å². The molecule has 16 heavy (non-hydrogen) atoms. The standard InChI is InChI=1S/C13H17FO2/c1-8(2)12(13(15)16-4)10-6-5-9(3)11(14)7-10/h5-8,12H,1-4H3. The van der Waals surface area contributed by atoms with Crippen LogP contribution in [0.3, 0.4) is 0 Å². The van der Waals surface area contributed by atoms with Crippen molar-refractivity contribution in [2.24, 2.45) is 5.92 Å². The third kappa shape index (κ3) is 2.60. The van der Waals surface area contributed by atoms with Crippen LogP contribution >= 0.6 is 0 Å². The van der Waals surface area contributed by atoms with E-state index in [1.54, 1.807) is 19.1 Å². The molecule has 1 aromatic rings. The van der Waals surface area contributed by atoms with Crippen LogP contribution in [-0.4, -0.2) is 13.1 Å². The Hall–Kier alpha value is -1.38. The molecule has 0 aliphatic carbocycles. The van der Waals surface area contributed by atoms with Gasteiger partial charge >= 0.3 is 5.97 Å². The third-order valence-corrected chi connectivity index (χ3v) is 2.68. The Morgan fingerprint density at radius 3 is 2.44 bits per heavy atom. The van der Waals surface area contributed by atoms with Gasteiger partial charge in [-0.25, -0.2) is 4.39 Å². The second kappa shape index (κ2) is 5.10. The molecule has 0 aromatic heterocycles. The van der Waals surface area contributed by atoms with Gasteiger partial charge in [-0.1, -0.05) is 26.0 Å². The van der Waals surface area contributed by atoms with Gasteiger partial charge in [0.05, 0.1) is 13.0 Å². The van der Waals surface area contributed by atoms with Crippen molar-refractivity contribution in [3.63, 3.8) is 0 Å². The van der Waals surface area contributed by atoms with Crippen LogP contribution in [0.1, 0.15) is 30.9 Å². The molecule has 0 spiro atoms. The first-order chi connectivity index (χ1) is 7.47. The van der Waals surface area contributed by atoms with Crippen LogP contribution in [0.5, 0.6) is 0 Å². The van der Waals surface area contributed by atoms with E-state index >= 15 is 0 Å². The number of ether oxygens (including phenoxy) is 1. The molecule has 0 fully saturated rings. The van der Waals surface area contributed by atoms with Crippen molar-refractivity contribution in [3.05, 3.63) is 35.1 Å². The molecule has 3 heteroatoms. The Morgan fingerprint density at radius 2 is 2.00 bits per heavy atom. The fraction of sp³-hybridized carbons (Fsp3) is 0.462. The molecule has 0 amide bonds. The minimum atomic E-state index is -0.403. The van der Waals surface area contributed by atoms with Crippen molar-refractivity contribution >= 4 is 5.97 Å². The summed E-state index contributed by atoms with van der Waals surface area (Å²) in [7, 11) is 1.35. The Morgan fingerprint density at radius 1 is 1.38 bits per heavy atom. The second-order valence-corrected chi connectivity index (χ2v) is 4.25. The zero-order valence-electron chi connectivity index (χ0n) is 10.1. The lowest BCUT2D eigenvalue weighted by Gasteiger charge is -2.19. The molecule has 0 saturated heterocycles. The van der Waals surface area contributed by atoms with Gasteiger partial charge < -0.3 is 4.74 Å². The molecule has 1 atom stereocenters. The molecule has 2 nitrogen and oxygen atoms in total. The maximum absolute atomic E-state index is 13.4. The molecular formula is C13H17FO2. The smallest absolute Gasteiger partial charge is 0.313 e. The highest BCUT2D eigenvalue weighted by Crippen LogP contribution is 2.27. The Bertz CT molecular complexity index is 386. The lowest BCUT2D eigenvalue weighted by Crippen LogP contribution is -2.19. The highest BCUT2D eigenvalue weighted by Gasteiger charge is 2.25. The van der Waals surface area contributed by atoms with Gasteiger partial charge in [-0.2, -0.15) is 0 Å². The number of hydrogen-bond donors (Lipinski definition) is 0. The van der Waals surface area contributed by atoms with Crippen LogP contribution in [0.25, 0.3) is 0 Å². The first-order valence-electron chi connectivity index (χ1n) is 5.31. The van der Waals surface area contributed by atoms with Crippen molar-refractivity contribution in [3.8, 4) is 0 Å². The van der Waals surface area contributed by atoms with Crippen molar-refractivity contribution < 1.29 is 13.9 Å². The molecular weight excluding hydrogens is 207 g/mol. The van der Waals surface area contributed by atoms with Crippen LogP contribution in [0.15, 0.2) is 18.2 Å². The van der Waals surface area contributed by atoms with E-state index in [0.29, 0.717) is 11.1 Å². The average molecular weight is 224 g/mol. The molecule has 0 N–H and O–H groups in total. The second-order valence-electron chi connectivity index (χ2n) is 4.25. The van der Waals surface area contributed by atoms with Gasteiger partial charge in [-0.15, -0.1) is 0 Å². The number of esters is 1. The lowest BCUT2D eigenvalue weighted by atomic mass is 9.88. The van der Waals surface area contributed by atoms with E-state index in [4.69, 9.17) is 4.74 Å². The maximum Gasteiger partial charge on any atom is 0.313 e. The van der Waals surface area contributed by atoms with Crippen molar-refractivity contribution in [1.29, 1.82) is 0 Å². The van der Waals surface area contributed by atoms with E-state index in [-0.39, 0.29) is 17.7 Å². The number of methoxy groups -OCH3 is 1. The number of halogens is 1. The number of rotatable bonds is 3. The van der Waals surface area contributed by atoms with Gasteiger partial charge in [0.1, 0.15) is 5.82 Å². The molecule has 1 rings (SSSR count). The van der Waals surface area contributed by atoms with Crippen LogP contribution in [0.2, 0.25) is 0 Å². The summed E-state index contributed by atoms with van der Waals surface area (Å²) in [6.45, 7) is 5.53. The predicted octanol–water partition coefficient (Wildman–Crippen LogP) is 3.05. The van der Waals surface area contributed by atoms with E-state index in [2.05, 4.69) is 0 Å². The molecule has 0 saturated carbocycles. The number of carbonyl (C=O) groups is 1. The number of aryl methyl sites for hydroxylation is 1. The van der Waals surface area contributed by atoms with E-state index < -0.39 is 5.92 Å². The van der Waals surface area contributed by atoms with Gasteiger partial charge in [0.25, 0.3) is 0 Å². The normalized spacial score (nSPS) is 12.6. The van der Waals surface area contributed by atoms with E-state index in [1.807, 2.05) is 13.8 Å². The number of benzene rings is 1. The molecule has 0 aliphatic rings. The minimum absolute atomic E-state index is 0.0783. The van der Waals surface area contributed by atoms with Crippen LogP contribution in [0.4, 0.5) is 4.39 Å². The molecule has 0 aliphatic heterocycles. The molecule has 0 heterocycles. The summed E-state index contributed by atoms with van der Waals surface area (Å²) in [4.78, 5) is 11.6. The van der Waals surface area contributed by atoms with Crippen molar-refractivity contribution in [2.75, 3.05) is 7.11 Å². The van der Waals surface area contributed by atoms with Gasteiger partial charge in [0, 0.05) is 0 Å². The molecule has 1 unspecified atom stereocenters. The summed E-state index contributed by atoms with van der Waals surface area (Å²) in [6, 6.07) is 4.87. The highest BCUT2D eigenvalue weighted by molar-refractivity contribution is 5.78. The number of hydrogen-bond acceptors (Lipinski definition) is 2. The Labute approximate surface area is 95.4 Å². The summed E-state index contributed by atoms with van der Waals surface area (Å²) in [5.74, 6) is -0.931. The summed E-state index contributed by atoms with van der Waals surface area (Å²) in [5.41, 5.74) is 1.25. The SMILES string of the molecule is COC(=O)C(c1ccc(C)c(F)c1)C(C)C. The third-order valence-electron chi connectivity index (χ3n) is 2.68. The minimum Gasteiger partial charge on any atom is -0.469 e. The zero-order chi connectivity index (χ0) is 12.3. The number of carbonyl (C=O) groups excluding carboxylic acids is 1. The Balaban J connectivity index is 3.11. The summed E-state index contributed by atoms with van der Waals surface area (Å²) in [5, 5.41) is 0. The fourth-order valence-corrected chi connectivity index (χ4v) is 1.72. The topological polar surface area (TPSA) is 26.3 Å². The molecule has 0 bridgehead atoms. The molecule has 88 valence electrons. The molecule has 1 aromatic carbocycles. The summed E-state index contributed by atoms with van der Waals surface area (Å²) < 4.78 is 18.2. The molecule has 0 radical (unpaired) electrons. The fourth-order valence-electron chi connectivity index (χ4n) is 1.72. The zero-order valence-corrected chi connectivity index (χ0v) is 10.1. The lowest BCUT2D eigenvalue weighted by molar-refractivity contribution is -0.143. The van der Waals surface area contributed by atoms with Gasteiger partial charge in [-0.3, -0.25) is 4.79 Å². The highest BCUT2D eigenvalue weighted by atomic mass is 19.1. The predicted molar refractivity (Wildman–Crippen MR) is 60.7 cm³/mol. The van der Waals surface area contributed by atoms with E-state index in [0.717, 1.165) is 0 Å².